The van der Waals surface area contributed by atoms with Crippen molar-refractivity contribution in [2.75, 3.05) is 17.5 Å². The number of ether oxygens (including phenoxy) is 1. The molecule has 0 bridgehead atoms. The second-order valence-corrected chi connectivity index (χ2v) is 3.59. The van der Waals surface area contributed by atoms with E-state index in [2.05, 4.69) is 5.43 Å². The number of rotatable bonds is 4. The van der Waals surface area contributed by atoms with Gasteiger partial charge in [0.05, 0.1) is 12.8 Å². The van der Waals surface area contributed by atoms with Crippen molar-refractivity contribution < 1.29 is 4.74 Å². The molecule has 0 heterocycles. The lowest BCUT2D eigenvalue weighted by Gasteiger charge is -2.22. The molecule has 7 heteroatoms. The van der Waals surface area contributed by atoms with E-state index < -0.39 is 10.9 Å². The first-order chi connectivity index (χ1) is 8.60. The van der Waals surface area contributed by atoms with E-state index in [1.165, 1.54) is 0 Å². The van der Waals surface area contributed by atoms with Crippen LogP contribution in [0.25, 0.3) is 0 Å². The minimum absolute atomic E-state index is 0.0123. The normalized spacial score (nSPS) is 10.4. The van der Waals surface area contributed by atoms with Gasteiger partial charge >= 0.3 is 0 Å². The van der Waals surface area contributed by atoms with Crippen molar-refractivity contribution >= 4 is 17.1 Å². The third kappa shape index (κ3) is 1.71. The summed E-state index contributed by atoms with van der Waals surface area (Å²) in [5.74, 6) is 11.6. The lowest BCUT2D eigenvalue weighted by Crippen LogP contribution is -2.44. The summed E-state index contributed by atoms with van der Waals surface area (Å²) in [5, 5.41) is 1.11. The minimum atomic E-state index is -0.670. The van der Waals surface area contributed by atoms with Crippen LogP contribution < -0.4 is 37.7 Å². The lowest BCUT2D eigenvalue weighted by molar-refractivity contribution is 0.415. The molecule has 5 N–H and O–H groups in total. The zero-order valence-corrected chi connectivity index (χ0v) is 9.64. The first-order valence-corrected chi connectivity index (χ1v) is 5.09. The molecule has 0 aliphatic heterocycles. The van der Waals surface area contributed by atoms with Gasteiger partial charge in [0.2, 0.25) is 0 Å². The number of methoxy groups -OCH3 is 1. The van der Waals surface area contributed by atoms with E-state index in [1.54, 1.807) is 31.4 Å². The maximum Gasteiger partial charge on any atom is 0.255 e. The molecule has 0 aromatic heterocycles. The van der Waals surface area contributed by atoms with Crippen molar-refractivity contribution in [3.05, 3.63) is 44.7 Å². The average molecular weight is 248 g/mol. The van der Waals surface area contributed by atoms with Gasteiger partial charge in [0.15, 0.2) is 0 Å². The molecule has 0 atom stereocenters. The Morgan fingerprint density at radius 2 is 1.78 bits per heavy atom. The smallest absolute Gasteiger partial charge is 0.255 e. The summed E-state index contributed by atoms with van der Waals surface area (Å²) in [4.78, 5) is 22.6. The van der Waals surface area contributed by atoms with Gasteiger partial charge in [-0.25, -0.2) is 5.84 Å². The Morgan fingerprint density at radius 1 is 1.17 bits per heavy atom. The van der Waals surface area contributed by atoms with E-state index in [4.69, 9.17) is 16.4 Å². The molecule has 94 valence electrons. The zero-order valence-electron chi connectivity index (χ0n) is 9.64. The molecule has 2 aromatic rings. The standard InChI is InChI=1S/C11H12N4O3/c1-18-7-4-2-6(3-5-7)15(13)9-8(14-12)10(16)11(9)17/h2-5,14H,12-13H2,1H3. The van der Waals surface area contributed by atoms with Crippen LogP contribution in [0, 0.1) is 0 Å². The summed E-state index contributed by atoms with van der Waals surface area (Å²) in [5.41, 5.74) is 1.43. The zero-order chi connectivity index (χ0) is 13.3. The minimum Gasteiger partial charge on any atom is -0.497 e. The number of nitrogen functional groups attached to an aromatic ring is 1. The van der Waals surface area contributed by atoms with Crippen LogP contribution in [0.15, 0.2) is 33.9 Å². The van der Waals surface area contributed by atoms with Gasteiger partial charge in [-0.15, -0.1) is 0 Å². The fourth-order valence-corrected chi connectivity index (χ4v) is 1.62. The fourth-order valence-electron chi connectivity index (χ4n) is 1.62. The van der Waals surface area contributed by atoms with Gasteiger partial charge in [-0.05, 0) is 24.3 Å². The number of nitrogens with two attached hydrogens (primary N) is 2. The molecule has 0 saturated heterocycles. The average Bonchev–Trinajstić information content (AvgIpc) is 2.42. The Bertz CT molecular complexity index is 629. The van der Waals surface area contributed by atoms with Gasteiger partial charge in [0, 0.05) is 0 Å². The molecule has 0 radical (unpaired) electrons. The molecule has 0 fully saturated rings. The molecule has 0 saturated carbocycles. The lowest BCUT2D eigenvalue weighted by atomic mass is 10.1. The van der Waals surface area contributed by atoms with Crippen molar-refractivity contribution in [2.45, 2.75) is 0 Å². The summed E-state index contributed by atoms with van der Waals surface area (Å²) in [6, 6.07) is 6.71. The number of nitrogens with one attached hydrogen (secondary N) is 1. The molecular weight excluding hydrogens is 236 g/mol. The van der Waals surface area contributed by atoms with Crippen molar-refractivity contribution in [3.63, 3.8) is 0 Å². The van der Waals surface area contributed by atoms with E-state index in [1.807, 2.05) is 0 Å². The molecule has 0 aliphatic rings. The second-order valence-electron chi connectivity index (χ2n) is 3.59. The first-order valence-electron chi connectivity index (χ1n) is 5.09. The summed E-state index contributed by atoms with van der Waals surface area (Å²) in [6.45, 7) is 0. The van der Waals surface area contributed by atoms with Crippen molar-refractivity contribution in [3.8, 4) is 5.75 Å². The van der Waals surface area contributed by atoms with E-state index in [9.17, 15) is 9.59 Å². The van der Waals surface area contributed by atoms with Gasteiger partial charge in [-0.3, -0.25) is 20.4 Å². The van der Waals surface area contributed by atoms with Crippen LogP contribution in [0.5, 0.6) is 5.75 Å². The van der Waals surface area contributed by atoms with Crippen molar-refractivity contribution in [1.82, 2.24) is 0 Å². The Morgan fingerprint density at radius 3 is 2.28 bits per heavy atom. The second kappa shape index (κ2) is 4.47. The van der Waals surface area contributed by atoms with Crippen LogP contribution in [0.4, 0.5) is 17.1 Å². The molecule has 0 amide bonds. The van der Waals surface area contributed by atoms with Crippen LogP contribution in [-0.2, 0) is 0 Å². The predicted octanol–water partition coefficient (Wildman–Crippen LogP) is -0.411. The fraction of sp³-hybridized carbons (Fsp3) is 0.0909. The van der Waals surface area contributed by atoms with Crippen LogP contribution in [-0.4, -0.2) is 7.11 Å². The van der Waals surface area contributed by atoms with Crippen LogP contribution in [0.1, 0.15) is 0 Å². The molecule has 0 spiro atoms. The highest BCUT2D eigenvalue weighted by atomic mass is 16.5. The molecule has 7 nitrogen and oxygen atoms in total. The maximum atomic E-state index is 11.4. The predicted molar refractivity (Wildman–Crippen MR) is 68.5 cm³/mol. The number of hydrazine groups is 2. The SMILES string of the molecule is COc1ccc(N(N)c2c(NN)c(=O)c2=O)cc1. The molecule has 2 rings (SSSR count). The molecule has 18 heavy (non-hydrogen) atoms. The summed E-state index contributed by atoms with van der Waals surface area (Å²) in [6.07, 6.45) is 0. The van der Waals surface area contributed by atoms with Crippen LogP contribution in [0.3, 0.4) is 0 Å². The number of hydrogen-bond acceptors (Lipinski definition) is 7. The first kappa shape index (κ1) is 12.1. The van der Waals surface area contributed by atoms with Gasteiger partial charge in [0.1, 0.15) is 17.1 Å². The Kier molecular flexibility index (Phi) is 3.00. The van der Waals surface area contributed by atoms with Crippen molar-refractivity contribution in [1.29, 1.82) is 0 Å². The Hall–Kier alpha value is -2.38. The number of benzene rings is 1. The van der Waals surface area contributed by atoms with Crippen LogP contribution >= 0.6 is 0 Å². The number of nitrogens with zero attached hydrogens (tertiary/aromatic N) is 1. The highest BCUT2D eigenvalue weighted by Gasteiger charge is 2.24. The molecular formula is C11H12N4O3. The Balaban J connectivity index is 2.36. The van der Waals surface area contributed by atoms with Gasteiger partial charge in [-0.1, -0.05) is 0 Å². The number of anilines is 3. The highest BCUT2D eigenvalue weighted by molar-refractivity contribution is 5.79. The van der Waals surface area contributed by atoms with Crippen molar-refractivity contribution in [2.24, 2.45) is 11.7 Å². The third-order valence-electron chi connectivity index (χ3n) is 2.62. The largest absolute Gasteiger partial charge is 0.497 e. The van der Waals surface area contributed by atoms with Gasteiger partial charge in [-0.2, -0.15) is 0 Å². The highest BCUT2D eigenvalue weighted by Crippen LogP contribution is 2.26. The topological polar surface area (TPSA) is 111 Å². The molecule has 0 aliphatic carbocycles. The molecule has 0 unspecified atom stereocenters. The monoisotopic (exact) mass is 248 g/mol. The summed E-state index contributed by atoms with van der Waals surface area (Å²) >= 11 is 0. The summed E-state index contributed by atoms with van der Waals surface area (Å²) in [7, 11) is 1.54. The maximum absolute atomic E-state index is 11.4. The molecule has 2 aromatic carbocycles. The van der Waals surface area contributed by atoms with E-state index >= 15 is 0 Å². The van der Waals surface area contributed by atoms with Gasteiger partial charge in [0.25, 0.3) is 10.9 Å². The van der Waals surface area contributed by atoms with E-state index in [0.29, 0.717) is 11.4 Å². The Labute approximate surface area is 102 Å². The number of hydrogen-bond donors (Lipinski definition) is 3. The van der Waals surface area contributed by atoms with E-state index in [0.717, 1.165) is 5.01 Å². The quantitative estimate of drug-likeness (QED) is 0.383. The van der Waals surface area contributed by atoms with Gasteiger partial charge < -0.3 is 10.2 Å². The van der Waals surface area contributed by atoms with E-state index in [-0.39, 0.29) is 11.4 Å². The summed E-state index contributed by atoms with van der Waals surface area (Å²) < 4.78 is 5.01. The third-order valence-corrected chi connectivity index (χ3v) is 2.62. The van der Waals surface area contributed by atoms with Crippen LogP contribution in [0.2, 0.25) is 0 Å².